The number of aromatic nitrogens is 1. The summed E-state index contributed by atoms with van der Waals surface area (Å²) in [5.41, 5.74) is 3.61. The molecule has 4 nitrogen and oxygen atoms in total. The summed E-state index contributed by atoms with van der Waals surface area (Å²) in [6.45, 7) is 7.19. The molecule has 0 amide bonds. The van der Waals surface area contributed by atoms with Crippen LogP contribution in [0.15, 0.2) is 53.8 Å². The predicted octanol–water partition coefficient (Wildman–Crippen LogP) is 2.96. The number of benzene rings is 1. The maximum atomic E-state index is 4.53. The zero-order chi connectivity index (χ0) is 15.2. The van der Waals surface area contributed by atoms with Crippen LogP contribution in [0.1, 0.15) is 16.8 Å². The molecule has 122 valence electrons. The van der Waals surface area contributed by atoms with Gasteiger partial charge >= 0.3 is 0 Å². The van der Waals surface area contributed by atoms with Crippen molar-refractivity contribution in [3.05, 3.63) is 65.5 Å². The zero-order valence-corrected chi connectivity index (χ0v) is 14.2. The first-order chi connectivity index (χ1) is 10.8. The maximum Gasteiger partial charge on any atom is 0.0830 e. The van der Waals surface area contributed by atoms with E-state index >= 15 is 0 Å². The van der Waals surface area contributed by atoms with E-state index in [2.05, 4.69) is 51.2 Å². The molecule has 0 unspecified atom stereocenters. The van der Waals surface area contributed by atoms with E-state index in [0.717, 1.165) is 38.4 Å². The van der Waals surface area contributed by atoms with E-state index in [4.69, 9.17) is 0 Å². The fraction of sp³-hybridized carbons (Fsp3) is 0.333. The Balaban J connectivity index is 0.00000192. The number of hydrogen-bond donors (Lipinski definition) is 0. The molecular weight excluding hydrogens is 308 g/mol. The fourth-order valence-corrected chi connectivity index (χ4v) is 2.56. The minimum absolute atomic E-state index is 0. The van der Waals surface area contributed by atoms with Crippen LogP contribution in [0.2, 0.25) is 0 Å². The Kier molecular flexibility index (Phi) is 6.56. The molecule has 2 aromatic rings. The van der Waals surface area contributed by atoms with Gasteiger partial charge in [0.15, 0.2) is 0 Å². The average molecular weight is 331 g/mol. The molecule has 0 aliphatic carbocycles. The second kappa shape index (κ2) is 8.65. The van der Waals surface area contributed by atoms with Crippen molar-refractivity contribution in [1.29, 1.82) is 0 Å². The van der Waals surface area contributed by atoms with E-state index in [1.807, 2.05) is 24.4 Å². The van der Waals surface area contributed by atoms with Crippen molar-refractivity contribution < 1.29 is 0 Å². The van der Waals surface area contributed by atoms with Crippen LogP contribution in [-0.2, 0) is 6.54 Å². The molecule has 1 aliphatic heterocycles. The highest BCUT2D eigenvalue weighted by molar-refractivity contribution is 5.85. The highest BCUT2D eigenvalue weighted by Gasteiger charge is 2.15. The van der Waals surface area contributed by atoms with Gasteiger partial charge < -0.3 is 0 Å². The lowest BCUT2D eigenvalue weighted by atomic mass is 10.1. The van der Waals surface area contributed by atoms with Gasteiger partial charge in [-0.1, -0.05) is 35.9 Å². The van der Waals surface area contributed by atoms with E-state index in [1.54, 1.807) is 6.20 Å². The molecular formula is C18H23ClN4. The van der Waals surface area contributed by atoms with Gasteiger partial charge in [-0.25, -0.2) is 0 Å². The molecule has 0 radical (unpaired) electrons. The highest BCUT2D eigenvalue weighted by atomic mass is 35.5. The number of nitrogens with zero attached hydrogens (tertiary/aromatic N) is 4. The number of aryl methyl sites for hydroxylation is 1. The number of hydrogen-bond acceptors (Lipinski definition) is 4. The molecule has 0 spiro atoms. The molecule has 1 aliphatic rings. The summed E-state index contributed by atoms with van der Waals surface area (Å²) in [5, 5.41) is 6.65. The van der Waals surface area contributed by atoms with Gasteiger partial charge in [-0.05, 0) is 24.6 Å². The first kappa shape index (κ1) is 17.4. The Morgan fingerprint density at radius 3 is 2.43 bits per heavy atom. The third-order valence-corrected chi connectivity index (χ3v) is 3.92. The molecule has 1 fully saturated rings. The molecule has 1 aromatic heterocycles. The van der Waals surface area contributed by atoms with Gasteiger partial charge in [-0.2, -0.15) is 5.10 Å². The predicted molar refractivity (Wildman–Crippen MR) is 97.1 cm³/mol. The first-order valence-electron chi connectivity index (χ1n) is 7.77. The topological polar surface area (TPSA) is 31.7 Å². The normalized spacial score (nSPS) is 15.6. The monoisotopic (exact) mass is 330 g/mol. The summed E-state index contributed by atoms with van der Waals surface area (Å²) in [6, 6.07) is 14.7. The molecule has 0 atom stereocenters. The quantitative estimate of drug-likeness (QED) is 0.808. The number of pyridine rings is 1. The van der Waals surface area contributed by atoms with Gasteiger partial charge in [-0.3, -0.25) is 14.9 Å². The lowest BCUT2D eigenvalue weighted by Gasteiger charge is -2.33. The van der Waals surface area contributed by atoms with Crippen LogP contribution in [0.4, 0.5) is 0 Å². The Morgan fingerprint density at radius 1 is 1.04 bits per heavy atom. The summed E-state index contributed by atoms with van der Waals surface area (Å²) in [7, 11) is 0. The van der Waals surface area contributed by atoms with Gasteiger partial charge in [0, 0.05) is 38.9 Å². The van der Waals surface area contributed by atoms with Crippen molar-refractivity contribution >= 4 is 18.6 Å². The van der Waals surface area contributed by atoms with Gasteiger partial charge in [0.25, 0.3) is 0 Å². The third-order valence-electron chi connectivity index (χ3n) is 3.92. The molecule has 0 N–H and O–H groups in total. The summed E-state index contributed by atoms with van der Waals surface area (Å²) in [6.07, 6.45) is 3.64. The number of rotatable bonds is 4. The second-order valence-corrected chi connectivity index (χ2v) is 5.71. The van der Waals surface area contributed by atoms with Crippen molar-refractivity contribution in [2.75, 3.05) is 26.2 Å². The molecule has 1 aromatic carbocycles. The van der Waals surface area contributed by atoms with E-state index in [0.29, 0.717) is 0 Å². The minimum atomic E-state index is 0. The Bertz CT molecular complexity index is 605. The number of halogens is 1. The fourth-order valence-electron chi connectivity index (χ4n) is 2.56. The van der Waals surface area contributed by atoms with Crippen LogP contribution >= 0.6 is 12.4 Å². The van der Waals surface area contributed by atoms with Crippen LogP contribution in [-0.4, -0.2) is 47.3 Å². The smallest absolute Gasteiger partial charge is 0.0830 e. The Morgan fingerprint density at radius 2 is 1.78 bits per heavy atom. The van der Waals surface area contributed by atoms with Crippen LogP contribution < -0.4 is 0 Å². The molecule has 0 saturated carbocycles. The van der Waals surface area contributed by atoms with E-state index in [1.165, 1.54) is 11.1 Å². The van der Waals surface area contributed by atoms with E-state index < -0.39 is 0 Å². The molecule has 0 bridgehead atoms. The summed E-state index contributed by atoms with van der Waals surface area (Å²) in [5.74, 6) is 0. The highest BCUT2D eigenvalue weighted by Crippen LogP contribution is 2.10. The lowest BCUT2D eigenvalue weighted by Crippen LogP contribution is -2.43. The van der Waals surface area contributed by atoms with Crippen LogP contribution in [0, 0.1) is 6.92 Å². The van der Waals surface area contributed by atoms with Crippen LogP contribution in [0.5, 0.6) is 0 Å². The van der Waals surface area contributed by atoms with Gasteiger partial charge in [0.05, 0.1) is 11.9 Å². The van der Waals surface area contributed by atoms with Crippen molar-refractivity contribution in [3.63, 3.8) is 0 Å². The van der Waals surface area contributed by atoms with E-state index in [9.17, 15) is 0 Å². The molecule has 5 heteroatoms. The third kappa shape index (κ3) is 5.34. The maximum absolute atomic E-state index is 4.53. The molecule has 3 rings (SSSR count). The summed E-state index contributed by atoms with van der Waals surface area (Å²) >= 11 is 0. The average Bonchev–Trinajstić information content (AvgIpc) is 2.57. The van der Waals surface area contributed by atoms with Crippen LogP contribution in [0.25, 0.3) is 0 Å². The van der Waals surface area contributed by atoms with Crippen molar-refractivity contribution in [1.82, 2.24) is 14.9 Å². The first-order valence-corrected chi connectivity index (χ1v) is 7.77. The summed E-state index contributed by atoms with van der Waals surface area (Å²) < 4.78 is 0. The Labute approximate surface area is 144 Å². The molecule has 2 heterocycles. The summed E-state index contributed by atoms with van der Waals surface area (Å²) in [4.78, 5) is 6.74. The lowest BCUT2D eigenvalue weighted by molar-refractivity contribution is 0.131. The van der Waals surface area contributed by atoms with E-state index in [-0.39, 0.29) is 12.4 Å². The number of piperazine rings is 1. The van der Waals surface area contributed by atoms with Crippen molar-refractivity contribution in [3.8, 4) is 0 Å². The van der Waals surface area contributed by atoms with Crippen LogP contribution in [0.3, 0.4) is 0 Å². The Hall–Kier alpha value is -1.91. The van der Waals surface area contributed by atoms with Gasteiger partial charge in [-0.15, -0.1) is 12.4 Å². The minimum Gasteiger partial charge on any atom is -0.295 e. The SMILES string of the molecule is Cc1ccc(CN2CCN(/N=C/c3ccccn3)CC2)cc1.Cl. The zero-order valence-electron chi connectivity index (χ0n) is 13.4. The number of hydrazone groups is 1. The van der Waals surface area contributed by atoms with Gasteiger partial charge in [0.1, 0.15) is 0 Å². The van der Waals surface area contributed by atoms with Crippen molar-refractivity contribution in [2.45, 2.75) is 13.5 Å². The molecule has 1 saturated heterocycles. The van der Waals surface area contributed by atoms with Crippen molar-refractivity contribution in [2.24, 2.45) is 5.10 Å². The largest absolute Gasteiger partial charge is 0.295 e. The second-order valence-electron chi connectivity index (χ2n) is 5.71. The standard InChI is InChI=1S/C18H22N4.ClH/c1-16-5-7-17(8-6-16)15-21-10-12-22(13-11-21)20-14-18-4-2-3-9-19-18;/h2-9,14H,10-13,15H2,1H3;1H/b20-14+;. The van der Waals surface area contributed by atoms with Gasteiger partial charge in [0.2, 0.25) is 0 Å². The molecule has 23 heavy (non-hydrogen) atoms.